The first kappa shape index (κ1) is 22.0. The van der Waals surface area contributed by atoms with Crippen LogP contribution in [0.5, 0.6) is 23.0 Å². The lowest BCUT2D eigenvalue weighted by atomic mass is 10.2. The highest BCUT2D eigenvalue weighted by Gasteiger charge is 2.08. The van der Waals surface area contributed by atoms with E-state index in [0.29, 0.717) is 17.9 Å². The first-order valence-corrected chi connectivity index (χ1v) is 11.3. The van der Waals surface area contributed by atoms with Crippen molar-refractivity contribution < 1.29 is 9.47 Å². The molecule has 0 fully saturated rings. The van der Waals surface area contributed by atoms with E-state index in [1.807, 2.05) is 115 Å². The Hall–Kier alpha value is -4.77. The quantitative estimate of drug-likeness (QED) is 0.251. The van der Waals surface area contributed by atoms with Gasteiger partial charge in [0.1, 0.15) is 22.9 Å². The van der Waals surface area contributed by atoms with E-state index in [-0.39, 0.29) is 0 Å². The minimum Gasteiger partial charge on any atom is -0.455 e. The molecule has 0 saturated heterocycles. The summed E-state index contributed by atoms with van der Waals surface area (Å²) in [6, 6.07) is 34.7. The fourth-order valence-electron chi connectivity index (χ4n) is 3.44. The number of hydrogen-bond acceptors (Lipinski definition) is 5. The Morgan fingerprint density at radius 3 is 1.63 bits per heavy atom. The molecular weight excluding hydrogens is 434 g/mol. The number of allylic oxidation sites excluding steroid dienone is 2. The molecule has 0 aliphatic carbocycles. The van der Waals surface area contributed by atoms with E-state index in [9.17, 15) is 0 Å². The number of aliphatic imine (C=N–C) groups is 3. The van der Waals surface area contributed by atoms with Gasteiger partial charge >= 0.3 is 0 Å². The minimum absolute atomic E-state index is 0.689. The summed E-state index contributed by atoms with van der Waals surface area (Å²) in [6.45, 7) is 0. The average Bonchev–Trinajstić information content (AvgIpc) is 3.37. The molecule has 5 heteroatoms. The van der Waals surface area contributed by atoms with E-state index >= 15 is 0 Å². The van der Waals surface area contributed by atoms with Crippen molar-refractivity contribution in [2.24, 2.45) is 15.0 Å². The summed E-state index contributed by atoms with van der Waals surface area (Å²) in [5, 5.41) is 0. The molecule has 1 aliphatic heterocycles. The number of para-hydroxylation sites is 6. The summed E-state index contributed by atoms with van der Waals surface area (Å²) in [7, 11) is 0. The van der Waals surface area contributed by atoms with Crippen LogP contribution in [-0.2, 0) is 0 Å². The van der Waals surface area contributed by atoms with Gasteiger partial charge in [-0.2, -0.15) is 0 Å². The van der Waals surface area contributed by atoms with E-state index < -0.39 is 0 Å². The number of nitrogens with zero attached hydrogens (tertiary/aromatic N) is 3. The van der Waals surface area contributed by atoms with Crippen molar-refractivity contribution in [1.29, 1.82) is 0 Å². The molecule has 0 N–H and O–H groups in total. The molecule has 5 nitrogen and oxygen atoms in total. The lowest BCUT2D eigenvalue weighted by molar-refractivity contribution is 0.484. The van der Waals surface area contributed by atoms with Crippen LogP contribution < -0.4 is 9.47 Å². The van der Waals surface area contributed by atoms with Crippen LogP contribution in [-0.4, -0.2) is 18.1 Å². The molecule has 0 unspecified atom stereocenters. The van der Waals surface area contributed by atoms with Gasteiger partial charge in [0, 0.05) is 12.6 Å². The van der Waals surface area contributed by atoms with Gasteiger partial charge in [-0.3, -0.25) is 15.0 Å². The second-order valence-corrected chi connectivity index (χ2v) is 7.72. The zero-order valence-corrected chi connectivity index (χ0v) is 19.0. The molecular formula is C30H23N3O2. The summed E-state index contributed by atoms with van der Waals surface area (Å²) in [5.74, 6) is 2.92. The second kappa shape index (κ2) is 10.9. The molecule has 0 atom stereocenters. The molecule has 35 heavy (non-hydrogen) atoms. The lowest BCUT2D eigenvalue weighted by Gasteiger charge is -2.07. The van der Waals surface area contributed by atoms with Crippen LogP contribution >= 0.6 is 0 Å². The molecule has 5 rings (SSSR count). The largest absolute Gasteiger partial charge is 0.455 e. The van der Waals surface area contributed by atoms with Crippen LogP contribution in [0.1, 0.15) is 6.42 Å². The van der Waals surface area contributed by atoms with E-state index in [1.165, 1.54) is 0 Å². The summed E-state index contributed by atoms with van der Waals surface area (Å²) in [5.41, 5.74) is 3.12. The lowest BCUT2D eigenvalue weighted by Crippen LogP contribution is -1.94. The fraction of sp³-hybridized carbons (Fsp3) is 0.0333. The third-order valence-corrected chi connectivity index (χ3v) is 5.15. The van der Waals surface area contributed by atoms with Gasteiger partial charge in [0.15, 0.2) is 11.5 Å². The van der Waals surface area contributed by atoms with Crippen LogP contribution in [0.2, 0.25) is 0 Å². The standard InChI is InChI=1S/C30H23N3O2/c1-3-11-25(12-4-1)34-29-17-9-7-15-27(29)31-21-23-19-20-24(33-23)22-32-28-16-8-10-18-30(28)35-26-13-5-2-6-14-26/h1-19,21-22H,20H2. The smallest absolute Gasteiger partial charge is 0.153 e. The number of rotatable bonds is 8. The zero-order valence-electron chi connectivity index (χ0n) is 19.0. The van der Waals surface area contributed by atoms with E-state index in [0.717, 1.165) is 34.3 Å². The summed E-state index contributed by atoms with van der Waals surface area (Å²) in [6.07, 6.45) is 6.24. The maximum atomic E-state index is 5.99. The van der Waals surface area contributed by atoms with Crippen LogP contribution in [0.3, 0.4) is 0 Å². The molecule has 1 heterocycles. The van der Waals surface area contributed by atoms with Gasteiger partial charge in [0.25, 0.3) is 0 Å². The average molecular weight is 458 g/mol. The Morgan fingerprint density at radius 1 is 0.571 bits per heavy atom. The van der Waals surface area contributed by atoms with Crippen molar-refractivity contribution in [3.63, 3.8) is 0 Å². The van der Waals surface area contributed by atoms with Crippen molar-refractivity contribution in [1.82, 2.24) is 0 Å². The Kier molecular flexibility index (Phi) is 6.86. The molecule has 0 spiro atoms. The van der Waals surface area contributed by atoms with Gasteiger partial charge in [-0.15, -0.1) is 0 Å². The molecule has 1 aliphatic rings. The fourth-order valence-corrected chi connectivity index (χ4v) is 3.44. The maximum absolute atomic E-state index is 5.99. The maximum Gasteiger partial charge on any atom is 0.153 e. The molecule has 4 aromatic carbocycles. The zero-order chi connectivity index (χ0) is 23.7. The van der Waals surface area contributed by atoms with Gasteiger partial charge in [0.05, 0.1) is 17.6 Å². The third-order valence-electron chi connectivity index (χ3n) is 5.15. The monoisotopic (exact) mass is 457 g/mol. The molecule has 0 saturated carbocycles. The Morgan fingerprint density at radius 2 is 1.06 bits per heavy atom. The Bertz CT molecular complexity index is 1410. The predicted molar refractivity (Wildman–Crippen MR) is 142 cm³/mol. The van der Waals surface area contributed by atoms with Gasteiger partial charge in [0.2, 0.25) is 0 Å². The van der Waals surface area contributed by atoms with Crippen molar-refractivity contribution in [2.75, 3.05) is 0 Å². The number of hydrogen-bond donors (Lipinski definition) is 0. The molecule has 0 radical (unpaired) electrons. The van der Waals surface area contributed by atoms with Crippen LogP contribution in [0.15, 0.2) is 136 Å². The molecule has 4 aromatic rings. The van der Waals surface area contributed by atoms with Crippen molar-refractivity contribution >= 4 is 29.5 Å². The van der Waals surface area contributed by atoms with Gasteiger partial charge < -0.3 is 9.47 Å². The first-order valence-electron chi connectivity index (χ1n) is 11.3. The second-order valence-electron chi connectivity index (χ2n) is 7.72. The van der Waals surface area contributed by atoms with E-state index in [4.69, 9.17) is 9.47 Å². The minimum atomic E-state index is 0.689. The van der Waals surface area contributed by atoms with Crippen molar-refractivity contribution in [2.45, 2.75) is 6.42 Å². The first-order chi connectivity index (χ1) is 17.3. The highest BCUT2D eigenvalue weighted by atomic mass is 16.5. The Balaban J connectivity index is 1.27. The molecule has 0 aromatic heterocycles. The van der Waals surface area contributed by atoms with Crippen molar-refractivity contribution in [3.05, 3.63) is 121 Å². The number of ether oxygens (including phenoxy) is 2. The summed E-state index contributed by atoms with van der Waals surface area (Å²) < 4.78 is 12.0. The number of benzene rings is 4. The summed E-state index contributed by atoms with van der Waals surface area (Å²) in [4.78, 5) is 13.9. The van der Waals surface area contributed by atoms with Crippen LogP contribution in [0.4, 0.5) is 11.4 Å². The topological polar surface area (TPSA) is 55.5 Å². The summed E-state index contributed by atoms with van der Waals surface area (Å²) >= 11 is 0. The molecule has 0 bridgehead atoms. The SMILES string of the molecule is C(=Nc1ccccc1Oc1ccccc1)C1=CCC(C=Nc2ccccc2Oc2ccccc2)=N1. The van der Waals surface area contributed by atoms with E-state index in [2.05, 4.69) is 15.0 Å². The van der Waals surface area contributed by atoms with E-state index in [1.54, 1.807) is 12.4 Å². The van der Waals surface area contributed by atoms with Crippen LogP contribution in [0.25, 0.3) is 0 Å². The van der Waals surface area contributed by atoms with Gasteiger partial charge in [-0.1, -0.05) is 66.7 Å². The molecule has 170 valence electrons. The van der Waals surface area contributed by atoms with Gasteiger partial charge in [-0.25, -0.2) is 0 Å². The van der Waals surface area contributed by atoms with Crippen molar-refractivity contribution in [3.8, 4) is 23.0 Å². The Labute approximate surface area is 204 Å². The normalized spacial score (nSPS) is 13.1. The van der Waals surface area contributed by atoms with Crippen LogP contribution in [0, 0.1) is 0 Å². The highest BCUT2D eigenvalue weighted by molar-refractivity contribution is 6.33. The molecule has 0 amide bonds. The highest BCUT2D eigenvalue weighted by Crippen LogP contribution is 2.32. The predicted octanol–water partition coefficient (Wildman–Crippen LogP) is 8.10. The van der Waals surface area contributed by atoms with Gasteiger partial charge in [-0.05, 0) is 48.5 Å². The third kappa shape index (κ3) is 5.97.